The average molecular weight is 338 g/mol. The van der Waals surface area contributed by atoms with E-state index < -0.39 is 5.60 Å². The molecule has 0 saturated heterocycles. The summed E-state index contributed by atoms with van der Waals surface area (Å²) in [6.45, 7) is 3.62. The van der Waals surface area contributed by atoms with E-state index in [0.717, 1.165) is 10.0 Å². The Bertz CT molecular complexity index is 606. The van der Waals surface area contributed by atoms with Crippen LogP contribution in [0.2, 0.25) is 0 Å². The van der Waals surface area contributed by atoms with Crippen molar-refractivity contribution in [3.63, 3.8) is 0 Å². The van der Waals surface area contributed by atoms with E-state index >= 15 is 0 Å². The molecule has 0 radical (unpaired) electrons. The van der Waals surface area contributed by atoms with E-state index in [2.05, 4.69) is 21.2 Å². The summed E-state index contributed by atoms with van der Waals surface area (Å²) in [6, 6.07) is 8.74. The standard InChI is InChI=1S/C15H16BrNO3/c1-10-5-6-11(8-12(10)16)14(18)17-9-15(2,19)13-4-3-7-20-13/h3-8,19H,9H2,1-2H3,(H,17,18). The predicted octanol–water partition coefficient (Wildman–Crippen LogP) is 2.99. The number of amides is 1. The molecule has 1 heterocycles. The molecule has 5 heteroatoms. The Morgan fingerprint density at radius 3 is 2.80 bits per heavy atom. The van der Waals surface area contributed by atoms with Crippen molar-refractivity contribution in [3.05, 3.63) is 58.0 Å². The van der Waals surface area contributed by atoms with E-state index in [1.54, 1.807) is 31.2 Å². The number of hydrogen-bond donors (Lipinski definition) is 2. The van der Waals surface area contributed by atoms with Crippen molar-refractivity contribution in [3.8, 4) is 0 Å². The molecule has 0 aliphatic heterocycles. The van der Waals surface area contributed by atoms with E-state index in [0.29, 0.717) is 11.3 Å². The molecule has 1 atom stereocenters. The van der Waals surface area contributed by atoms with Crippen LogP contribution in [-0.2, 0) is 5.60 Å². The van der Waals surface area contributed by atoms with Crippen LogP contribution in [0, 0.1) is 6.92 Å². The fraction of sp³-hybridized carbons (Fsp3) is 0.267. The smallest absolute Gasteiger partial charge is 0.251 e. The maximum Gasteiger partial charge on any atom is 0.251 e. The minimum Gasteiger partial charge on any atom is -0.466 e. The van der Waals surface area contributed by atoms with E-state index in [9.17, 15) is 9.90 Å². The number of carbonyl (C=O) groups is 1. The van der Waals surface area contributed by atoms with Gasteiger partial charge in [-0.05, 0) is 43.7 Å². The molecule has 0 fully saturated rings. The monoisotopic (exact) mass is 337 g/mol. The first kappa shape index (κ1) is 14.8. The van der Waals surface area contributed by atoms with Crippen LogP contribution in [0.5, 0.6) is 0 Å². The molecule has 0 bridgehead atoms. The van der Waals surface area contributed by atoms with Crippen molar-refractivity contribution in [2.75, 3.05) is 6.54 Å². The molecule has 0 aliphatic rings. The molecule has 1 unspecified atom stereocenters. The highest BCUT2D eigenvalue weighted by Crippen LogP contribution is 2.21. The van der Waals surface area contributed by atoms with Crippen LogP contribution < -0.4 is 5.32 Å². The highest BCUT2D eigenvalue weighted by atomic mass is 79.9. The van der Waals surface area contributed by atoms with Crippen molar-refractivity contribution in [1.82, 2.24) is 5.32 Å². The molecule has 0 spiro atoms. The first-order chi connectivity index (χ1) is 9.40. The van der Waals surface area contributed by atoms with Gasteiger partial charge in [0.05, 0.1) is 12.8 Å². The third kappa shape index (κ3) is 3.29. The number of rotatable bonds is 4. The lowest BCUT2D eigenvalue weighted by Crippen LogP contribution is -2.38. The molecular formula is C15H16BrNO3. The van der Waals surface area contributed by atoms with Gasteiger partial charge in [-0.2, -0.15) is 0 Å². The Balaban J connectivity index is 2.03. The lowest BCUT2D eigenvalue weighted by atomic mass is 10.0. The van der Waals surface area contributed by atoms with Gasteiger partial charge in [0.15, 0.2) is 0 Å². The van der Waals surface area contributed by atoms with E-state index in [4.69, 9.17) is 4.42 Å². The molecule has 1 aromatic carbocycles. The molecule has 1 amide bonds. The number of carbonyl (C=O) groups excluding carboxylic acids is 1. The van der Waals surface area contributed by atoms with Crippen molar-refractivity contribution < 1.29 is 14.3 Å². The molecular weight excluding hydrogens is 322 g/mol. The van der Waals surface area contributed by atoms with Gasteiger partial charge >= 0.3 is 0 Å². The van der Waals surface area contributed by atoms with Gasteiger partial charge in [-0.15, -0.1) is 0 Å². The number of nitrogens with one attached hydrogen (secondary N) is 1. The summed E-state index contributed by atoms with van der Waals surface area (Å²) in [5, 5.41) is 13.0. The zero-order valence-corrected chi connectivity index (χ0v) is 12.9. The van der Waals surface area contributed by atoms with Crippen LogP contribution in [0.3, 0.4) is 0 Å². The van der Waals surface area contributed by atoms with Crippen LogP contribution in [0.1, 0.15) is 28.6 Å². The first-order valence-electron chi connectivity index (χ1n) is 6.21. The Kier molecular flexibility index (Phi) is 4.30. The average Bonchev–Trinajstić information content (AvgIpc) is 2.94. The summed E-state index contributed by atoms with van der Waals surface area (Å²) >= 11 is 3.39. The normalized spacial score (nSPS) is 13.8. The van der Waals surface area contributed by atoms with Crippen LogP contribution in [0.15, 0.2) is 45.5 Å². The molecule has 20 heavy (non-hydrogen) atoms. The Hall–Kier alpha value is -1.59. The van der Waals surface area contributed by atoms with Crippen LogP contribution >= 0.6 is 15.9 Å². The molecule has 2 rings (SSSR count). The molecule has 2 N–H and O–H groups in total. The fourth-order valence-corrected chi connectivity index (χ4v) is 2.14. The molecule has 1 aromatic heterocycles. The van der Waals surface area contributed by atoms with Gasteiger partial charge in [0.1, 0.15) is 11.4 Å². The summed E-state index contributed by atoms with van der Waals surface area (Å²) in [5.74, 6) is 0.181. The Morgan fingerprint density at radius 2 is 2.20 bits per heavy atom. The van der Waals surface area contributed by atoms with Gasteiger partial charge in [-0.25, -0.2) is 0 Å². The van der Waals surface area contributed by atoms with Crippen molar-refractivity contribution >= 4 is 21.8 Å². The summed E-state index contributed by atoms with van der Waals surface area (Å²) in [6.07, 6.45) is 1.49. The maximum absolute atomic E-state index is 12.1. The summed E-state index contributed by atoms with van der Waals surface area (Å²) < 4.78 is 6.04. The van der Waals surface area contributed by atoms with E-state index in [1.807, 2.05) is 13.0 Å². The highest BCUT2D eigenvalue weighted by Gasteiger charge is 2.26. The number of halogens is 1. The number of furan rings is 1. The Labute approximate surface area is 125 Å². The number of benzene rings is 1. The first-order valence-corrected chi connectivity index (χ1v) is 7.00. The minimum atomic E-state index is -1.24. The quantitative estimate of drug-likeness (QED) is 0.901. The van der Waals surface area contributed by atoms with Crippen molar-refractivity contribution in [2.45, 2.75) is 19.4 Å². The Morgan fingerprint density at radius 1 is 1.45 bits per heavy atom. The zero-order valence-electron chi connectivity index (χ0n) is 11.3. The predicted molar refractivity (Wildman–Crippen MR) is 79.5 cm³/mol. The van der Waals surface area contributed by atoms with Gasteiger partial charge in [0.2, 0.25) is 0 Å². The van der Waals surface area contributed by atoms with Crippen LogP contribution in [0.25, 0.3) is 0 Å². The molecule has 0 aliphatic carbocycles. The largest absolute Gasteiger partial charge is 0.466 e. The topological polar surface area (TPSA) is 62.5 Å². The molecule has 2 aromatic rings. The summed E-state index contributed by atoms with van der Waals surface area (Å²) in [4.78, 5) is 12.1. The molecule has 106 valence electrons. The summed E-state index contributed by atoms with van der Waals surface area (Å²) in [7, 11) is 0. The fourth-order valence-electron chi connectivity index (χ4n) is 1.76. The van der Waals surface area contributed by atoms with Gasteiger partial charge in [-0.1, -0.05) is 22.0 Å². The van der Waals surface area contributed by atoms with Gasteiger partial charge in [0.25, 0.3) is 5.91 Å². The second-order valence-corrected chi connectivity index (χ2v) is 5.75. The third-order valence-corrected chi connectivity index (χ3v) is 3.93. The molecule has 0 saturated carbocycles. The van der Waals surface area contributed by atoms with Gasteiger partial charge in [-0.3, -0.25) is 4.79 Å². The summed E-state index contributed by atoms with van der Waals surface area (Å²) in [5.41, 5.74) is 0.364. The zero-order chi connectivity index (χ0) is 14.8. The third-order valence-electron chi connectivity index (χ3n) is 3.08. The number of aliphatic hydroxyl groups is 1. The SMILES string of the molecule is Cc1ccc(C(=O)NCC(C)(O)c2ccco2)cc1Br. The molecule has 4 nitrogen and oxygen atoms in total. The highest BCUT2D eigenvalue weighted by molar-refractivity contribution is 9.10. The lowest BCUT2D eigenvalue weighted by molar-refractivity contribution is 0.0330. The number of hydrogen-bond acceptors (Lipinski definition) is 3. The van der Waals surface area contributed by atoms with Crippen LogP contribution in [0.4, 0.5) is 0 Å². The maximum atomic E-state index is 12.1. The van der Waals surface area contributed by atoms with Gasteiger partial charge < -0.3 is 14.8 Å². The second kappa shape index (κ2) is 5.81. The van der Waals surface area contributed by atoms with Crippen LogP contribution in [-0.4, -0.2) is 17.6 Å². The van der Waals surface area contributed by atoms with Gasteiger partial charge in [0, 0.05) is 10.0 Å². The van der Waals surface area contributed by atoms with E-state index in [-0.39, 0.29) is 12.5 Å². The minimum absolute atomic E-state index is 0.0742. The van der Waals surface area contributed by atoms with Crippen molar-refractivity contribution in [2.24, 2.45) is 0 Å². The second-order valence-electron chi connectivity index (χ2n) is 4.90. The van der Waals surface area contributed by atoms with E-state index in [1.165, 1.54) is 6.26 Å². The number of aryl methyl sites for hydroxylation is 1. The lowest BCUT2D eigenvalue weighted by Gasteiger charge is -2.21. The van der Waals surface area contributed by atoms with Crippen molar-refractivity contribution in [1.29, 1.82) is 0 Å².